The third-order valence-electron chi connectivity index (χ3n) is 3.61. The van der Waals surface area contributed by atoms with Crippen molar-refractivity contribution in [2.24, 2.45) is 0 Å². The van der Waals surface area contributed by atoms with E-state index in [1.54, 1.807) is 4.68 Å². The zero-order valence-corrected chi connectivity index (χ0v) is 10.9. The van der Waals surface area contributed by atoms with Gasteiger partial charge in [-0.3, -0.25) is 0 Å². The van der Waals surface area contributed by atoms with Gasteiger partial charge in [0.15, 0.2) is 0 Å². The van der Waals surface area contributed by atoms with Crippen LogP contribution in [0.25, 0.3) is 5.69 Å². The quantitative estimate of drug-likeness (QED) is 0.894. The highest BCUT2D eigenvalue weighted by Crippen LogP contribution is 2.35. The molecule has 1 aromatic heterocycles. The van der Waals surface area contributed by atoms with Gasteiger partial charge in [-0.05, 0) is 25.0 Å². The lowest BCUT2D eigenvalue weighted by Gasteiger charge is -2.06. The molecular weight excluding hydrogens is 246 g/mol. The molecule has 0 unspecified atom stereocenters. The second-order valence-corrected chi connectivity index (χ2v) is 5.25. The van der Waals surface area contributed by atoms with Gasteiger partial charge >= 0.3 is 0 Å². The summed E-state index contributed by atoms with van der Waals surface area (Å²) in [6.07, 6.45) is 5.03. The first kappa shape index (κ1) is 11.6. The van der Waals surface area contributed by atoms with Gasteiger partial charge in [0, 0.05) is 12.0 Å². The van der Waals surface area contributed by atoms with Gasteiger partial charge in [0.1, 0.15) is 5.82 Å². The standard InChI is InChI=1S/C14H16ClN3/c15-11-7-3-4-8-13(11)18-14(16)9-12(17-18)10-5-1-2-6-10/h3-4,7-10H,1-2,5-6,16H2. The molecule has 1 aliphatic rings. The van der Waals surface area contributed by atoms with Crippen LogP contribution in [0.2, 0.25) is 5.02 Å². The Labute approximate surface area is 112 Å². The van der Waals surface area contributed by atoms with Gasteiger partial charge < -0.3 is 5.73 Å². The van der Waals surface area contributed by atoms with E-state index in [2.05, 4.69) is 5.10 Å². The fraction of sp³-hybridized carbons (Fsp3) is 0.357. The van der Waals surface area contributed by atoms with Crippen molar-refractivity contribution in [1.29, 1.82) is 0 Å². The number of nitrogen functional groups attached to an aromatic ring is 1. The van der Waals surface area contributed by atoms with E-state index in [4.69, 9.17) is 17.3 Å². The minimum absolute atomic E-state index is 0.566. The predicted molar refractivity (Wildman–Crippen MR) is 74.2 cm³/mol. The summed E-state index contributed by atoms with van der Waals surface area (Å²) in [7, 11) is 0. The van der Waals surface area contributed by atoms with E-state index in [0.29, 0.717) is 16.8 Å². The summed E-state index contributed by atoms with van der Waals surface area (Å²) >= 11 is 6.18. The molecule has 0 bridgehead atoms. The maximum Gasteiger partial charge on any atom is 0.127 e. The van der Waals surface area contributed by atoms with Crippen molar-refractivity contribution in [3.63, 3.8) is 0 Å². The third-order valence-corrected chi connectivity index (χ3v) is 3.93. The number of anilines is 1. The van der Waals surface area contributed by atoms with Gasteiger partial charge in [0.25, 0.3) is 0 Å². The van der Waals surface area contributed by atoms with Gasteiger partial charge in [-0.25, -0.2) is 4.68 Å². The number of nitrogens with zero attached hydrogens (tertiary/aromatic N) is 2. The Balaban J connectivity index is 2.00. The van der Waals surface area contributed by atoms with Gasteiger partial charge in [-0.15, -0.1) is 0 Å². The normalized spacial score (nSPS) is 16.3. The number of hydrogen-bond donors (Lipinski definition) is 1. The first-order valence-electron chi connectivity index (χ1n) is 6.36. The van der Waals surface area contributed by atoms with Crippen LogP contribution in [-0.2, 0) is 0 Å². The monoisotopic (exact) mass is 261 g/mol. The molecule has 18 heavy (non-hydrogen) atoms. The molecule has 2 aromatic rings. The summed E-state index contributed by atoms with van der Waals surface area (Å²) in [6, 6.07) is 9.62. The van der Waals surface area contributed by atoms with Crippen molar-refractivity contribution < 1.29 is 0 Å². The Bertz CT molecular complexity index is 556. The Morgan fingerprint density at radius 1 is 1.22 bits per heavy atom. The Morgan fingerprint density at radius 3 is 2.67 bits per heavy atom. The molecule has 0 spiro atoms. The van der Waals surface area contributed by atoms with Crippen LogP contribution in [-0.4, -0.2) is 9.78 Å². The van der Waals surface area contributed by atoms with Crippen LogP contribution >= 0.6 is 11.6 Å². The highest BCUT2D eigenvalue weighted by Gasteiger charge is 2.21. The van der Waals surface area contributed by atoms with Gasteiger partial charge in [0.05, 0.1) is 16.4 Å². The number of benzene rings is 1. The average Bonchev–Trinajstić information content (AvgIpc) is 2.99. The summed E-state index contributed by atoms with van der Waals surface area (Å²) < 4.78 is 1.75. The van der Waals surface area contributed by atoms with E-state index >= 15 is 0 Å². The molecule has 2 N–H and O–H groups in total. The van der Waals surface area contributed by atoms with Gasteiger partial charge in [0.2, 0.25) is 0 Å². The zero-order valence-electron chi connectivity index (χ0n) is 10.1. The van der Waals surface area contributed by atoms with E-state index in [1.165, 1.54) is 25.7 Å². The van der Waals surface area contributed by atoms with Crippen LogP contribution in [0.15, 0.2) is 30.3 Å². The smallest absolute Gasteiger partial charge is 0.127 e. The van der Waals surface area contributed by atoms with Crippen LogP contribution < -0.4 is 5.73 Å². The van der Waals surface area contributed by atoms with Crippen LogP contribution in [0.3, 0.4) is 0 Å². The van der Waals surface area contributed by atoms with Crippen molar-refractivity contribution in [3.05, 3.63) is 41.0 Å². The number of aromatic nitrogens is 2. The number of halogens is 1. The van der Waals surface area contributed by atoms with Crippen LogP contribution in [0, 0.1) is 0 Å². The van der Waals surface area contributed by atoms with Gasteiger partial charge in [-0.1, -0.05) is 36.6 Å². The van der Waals surface area contributed by atoms with E-state index < -0.39 is 0 Å². The Hall–Kier alpha value is -1.48. The van der Waals surface area contributed by atoms with E-state index in [9.17, 15) is 0 Å². The fourth-order valence-electron chi connectivity index (χ4n) is 2.65. The zero-order chi connectivity index (χ0) is 12.5. The average molecular weight is 262 g/mol. The lowest BCUT2D eigenvalue weighted by atomic mass is 10.1. The lowest BCUT2D eigenvalue weighted by Crippen LogP contribution is -2.03. The fourth-order valence-corrected chi connectivity index (χ4v) is 2.87. The minimum Gasteiger partial charge on any atom is -0.384 e. The van der Waals surface area contributed by atoms with Crippen molar-refractivity contribution >= 4 is 17.4 Å². The molecule has 1 aliphatic carbocycles. The summed E-state index contributed by atoms with van der Waals surface area (Å²) in [4.78, 5) is 0. The molecular formula is C14H16ClN3. The van der Waals surface area contributed by atoms with Crippen molar-refractivity contribution in [2.75, 3.05) is 5.73 Å². The largest absolute Gasteiger partial charge is 0.384 e. The topological polar surface area (TPSA) is 43.8 Å². The maximum absolute atomic E-state index is 6.18. The molecule has 0 atom stereocenters. The molecule has 94 valence electrons. The second kappa shape index (κ2) is 4.65. The molecule has 0 aliphatic heterocycles. The van der Waals surface area contributed by atoms with Gasteiger partial charge in [-0.2, -0.15) is 5.10 Å². The second-order valence-electron chi connectivity index (χ2n) is 4.84. The molecule has 3 nitrogen and oxygen atoms in total. The summed E-state index contributed by atoms with van der Waals surface area (Å²) in [5, 5.41) is 5.30. The Kier molecular flexibility index (Phi) is 3.00. The van der Waals surface area contributed by atoms with E-state index in [-0.39, 0.29) is 0 Å². The summed E-state index contributed by atoms with van der Waals surface area (Å²) in [6.45, 7) is 0. The molecule has 0 radical (unpaired) electrons. The predicted octanol–water partition coefficient (Wildman–Crippen LogP) is 3.77. The number of nitrogens with two attached hydrogens (primary N) is 1. The SMILES string of the molecule is Nc1cc(C2CCCC2)nn1-c1ccccc1Cl. The highest BCUT2D eigenvalue weighted by atomic mass is 35.5. The molecule has 1 heterocycles. The third kappa shape index (κ3) is 1.99. The van der Waals surface area contributed by atoms with Crippen molar-refractivity contribution in [3.8, 4) is 5.69 Å². The molecule has 0 amide bonds. The molecule has 4 heteroatoms. The maximum atomic E-state index is 6.18. The lowest BCUT2D eigenvalue weighted by molar-refractivity contribution is 0.679. The molecule has 1 saturated carbocycles. The first-order chi connectivity index (χ1) is 8.75. The number of para-hydroxylation sites is 1. The summed E-state index contributed by atoms with van der Waals surface area (Å²) in [5.74, 6) is 1.22. The van der Waals surface area contributed by atoms with Crippen molar-refractivity contribution in [2.45, 2.75) is 31.6 Å². The van der Waals surface area contributed by atoms with Crippen LogP contribution in [0.4, 0.5) is 5.82 Å². The summed E-state index contributed by atoms with van der Waals surface area (Å²) in [5.41, 5.74) is 8.00. The minimum atomic E-state index is 0.566. The first-order valence-corrected chi connectivity index (χ1v) is 6.74. The van der Waals surface area contributed by atoms with Crippen LogP contribution in [0.5, 0.6) is 0 Å². The van der Waals surface area contributed by atoms with E-state index in [1.807, 2.05) is 30.3 Å². The van der Waals surface area contributed by atoms with Crippen molar-refractivity contribution in [1.82, 2.24) is 9.78 Å². The van der Waals surface area contributed by atoms with Crippen LogP contribution in [0.1, 0.15) is 37.3 Å². The molecule has 1 aromatic carbocycles. The molecule has 3 rings (SSSR count). The number of hydrogen-bond acceptors (Lipinski definition) is 2. The molecule has 1 fully saturated rings. The highest BCUT2D eigenvalue weighted by molar-refractivity contribution is 6.32. The Morgan fingerprint density at radius 2 is 1.94 bits per heavy atom. The molecule has 0 saturated heterocycles. The number of rotatable bonds is 2. The van der Waals surface area contributed by atoms with E-state index in [0.717, 1.165) is 11.4 Å².